The highest BCUT2D eigenvalue weighted by molar-refractivity contribution is 5.81. The number of nitrogens with two attached hydrogens (primary N) is 1. The molecule has 4 bridgehead atoms. The van der Waals surface area contributed by atoms with Crippen molar-refractivity contribution in [2.45, 2.75) is 57.4 Å². The Morgan fingerprint density at radius 3 is 2.24 bits per heavy atom. The molecule has 4 N–H and O–H groups in total. The number of hydrogen-bond donors (Lipinski definition) is 3. The number of hydrogen-bond acceptors (Lipinski definition) is 3. The molecule has 4 fully saturated rings. The van der Waals surface area contributed by atoms with E-state index in [1.54, 1.807) is 12.1 Å². The summed E-state index contributed by atoms with van der Waals surface area (Å²) in [7, 11) is 0. The summed E-state index contributed by atoms with van der Waals surface area (Å²) < 4.78 is 0. The molecule has 4 aliphatic rings. The quantitative estimate of drug-likeness (QED) is 0.744. The van der Waals surface area contributed by atoms with Gasteiger partial charge in [-0.25, -0.2) is 0 Å². The maximum absolute atomic E-state index is 12.3. The highest BCUT2D eigenvalue weighted by atomic mass is 16.3. The van der Waals surface area contributed by atoms with Gasteiger partial charge in [-0.3, -0.25) is 4.79 Å². The average molecular weight is 342 g/mol. The van der Waals surface area contributed by atoms with Gasteiger partial charge in [0, 0.05) is 6.54 Å². The molecule has 1 atom stereocenters. The monoisotopic (exact) mass is 342 g/mol. The van der Waals surface area contributed by atoms with Gasteiger partial charge in [0.2, 0.25) is 5.91 Å². The van der Waals surface area contributed by atoms with E-state index in [-0.39, 0.29) is 11.7 Å². The van der Waals surface area contributed by atoms with E-state index in [0.717, 1.165) is 36.3 Å². The molecule has 136 valence electrons. The Hall–Kier alpha value is -1.55. The number of carbonyl (C=O) groups is 1. The van der Waals surface area contributed by atoms with Crippen molar-refractivity contribution in [2.24, 2.45) is 28.9 Å². The smallest absolute Gasteiger partial charge is 0.237 e. The molecule has 0 aromatic heterocycles. The van der Waals surface area contributed by atoms with Crippen LogP contribution in [0, 0.1) is 23.2 Å². The second kappa shape index (κ2) is 6.64. The highest BCUT2D eigenvalue weighted by Gasteiger charge is 2.50. The number of nitrogens with one attached hydrogen (secondary N) is 1. The standard InChI is InChI=1S/C21H30N2O2/c22-19(10-14-1-3-18(24)4-2-14)20(25)23-6-5-21-11-15-7-16(12-21)9-17(8-15)13-21/h1-4,15-17,19,24H,5-13,22H2,(H,23,25)/t15?,16?,17?,19-,21?/m0/s1. The number of amides is 1. The van der Waals surface area contributed by atoms with Crippen LogP contribution in [-0.2, 0) is 11.2 Å². The Labute approximate surface area is 150 Å². The summed E-state index contributed by atoms with van der Waals surface area (Å²) >= 11 is 0. The van der Waals surface area contributed by atoms with E-state index in [9.17, 15) is 9.90 Å². The number of phenolic OH excluding ortho intramolecular Hbond substituents is 1. The minimum atomic E-state index is -0.527. The molecule has 4 heteroatoms. The molecule has 0 unspecified atom stereocenters. The zero-order chi connectivity index (χ0) is 17.4. The molecule has 0 saturated heterocycles. The number of benzene rings is 1. The fraction of sp³-hybridized carbons (Fsp3) is 0.667. The van der Waals surface area contributed by atoms with Crippen molar-refractivity contribution in [2.75, 3.05) is 6.54 Å². The maximum atomic E-state index is 12.3. The number of phenols is 1. The van der Waals surface area contributed by atoms with Gasteiger partial charge < -0.3 is 16.2 Å². The Morgan fingerprint density at radius 1 is 1.12 bits per heavy atom. The van der Waals surface area contributed by atoms with E-state index in [2.05, 4.69) is 5.32 Å². The highest BCUT2D eigenvalue weighted by Crippen LogP contribution is 2.61. The minimum Gasteiger partial charge on any atom is -0.508 e. The number of rotatable bonds is 6. The van der Waals surface area contributed by atoms with Gasteiger partial charge in [-0.05, 0) is 92.2 Å². The van der Waals surface area contributed by atoms with Crippen molar-refractivity contribution in [1.82, 2.24) is 5.32 Å². The predicted octanol–water partition coefficient (Wildman–Crippen LogP) is 2.98. The molecule has 25 heavy (non-hydrogen) atoms. The van der Waals surface area contributed by atoms with Gasteiger partial charge in [-0.15, -0.1) is 0 Å². The summed E-state index contributed by atoms with van der Waals surface area (Å²) in [5.74, 6) is 3.05. The molecule has 4 nitrogen and oxygen atoms in total. The van der Waals surface area contributed by atoms with Crippen molar-refractivity contribution in [3.8, 4) is 5.75 Å². The second-order valence-electron chi connectivity index (χ2n) is 8.94. The van der Waals surface area contributed by atoms with Crippen molar-refractivity contribution in [1.29, 1.82) is 0 Å². The van der Waals surface area contributed by atoms with Gasteiger partial charge in [0.1, 0.15) is 5.75 Å². The molecule has 1 aromatic carbocycles. The lowest BCUT2D eigenvalue weighted by Crippen LogP contribution is -2.48. The van der Waals surface area contributed by atoms with E-state index < -0.39 is 6.04 Å². The lowest BCUT2D eigenvalue weighted by Gasteiger charge is -2.57. The van der Waals surface area contributed by atoms with Crippen molar-refractivity contribution < 1.29 is 9.90 Å². The van der Waals surface area contributed by atoms with Crippen LogP contribution in [0.25, 0.3) is 0 Å². The zero-order valence-corrected chi connectivity index (χ0v) is 14.9. The first-order valence-corrected chi connectivity index (χ1v) is 9.82. The van der Waals surface area contributed by atoms with Gasteiger partial charge in [0.15, 0.2) is 0 Å². The van der Waals surface area contributed by atoms with Crippen LogP contribution in [-0.4, -0.2) is 23.6 Å². The molecule has 0 heterocycles. The summed E-state index contributed by atoms with van der Waals surface area (Å²) in [6.07, 6.45) is 10.2. The molecule has 0 aliphatic heterocycles. The van der Waals surface area contributed by atoms with Gasteiger partial charge in [-0.2, -0.15) is 0 Å². The fourth-order valence-electron chi connectivity index (χ4n) is 6.16. The van der Waals surface area contributed by atoms with Gasteiger partial charge >= 0.3 is 0 Å². The predicted molar refractivity (Wildman–Crippen MR) is 98.0 cm³/mol. The molecule has 4 aliphatic carbocycles. The normalized spacial score (nSPS) is 34.0. The first-order valence-electron chi connectivity index (χ1n) is 9.82. The fourth-order valence-corrected chi connectivity index (χ4v) is 6.16. The van der Waals surface area contributed by atoms with Crippen LogP contribution >= 0.6 is 0 Å². The Kier molecular flexibility index (Phi) is 4.48. The van der Waals surface area contributed by atoms with E-state index in [1.165, 1.54) is 38.5 Å². The molecular formula is C21H30N2O2. The molecule has 1 amide bonds. The van der Waals surface area contributed by atoms with E-state index in [4.69, 9.17) is 5.73 Å². The van der Waals surface area contributed by atoms with Crippen LogP contribution < -0.4 is 11.1 Å². The zero-order valence-electron chi connectivity index (χ0n) is 14.9. The summed E-state index contributed by atoms with van der Waals surface area (Å²) in [6, 6.07) is 6.37. The van der Waals surface area contributed by atoms with Gasteiger partial charge in [-0.1, -0.05) is 12.1 Å². The second-order valence-corrected chi connectivity index (χ2v) is 8.94. The molecule has 1 aromatic rings. The lowest BCUT2D eigenvalue weighted by atomic mass is 9.49. The maximum Gasteiger partial charge on any atom is 0.237 e. The molecule has 5 rings (SSSR count). The van der Waals surface area contributed by atoms with E-state index in [0.29, 0.717) is 11.8 Å². The minimum absolute atomic E-state index is 0.0576. The van der Waals surface area contributed by atoms with Crippen LogP contribution in [0.5, 0.6) is 5.75 Å². The molecule has 4 saturated carbocycles. The Morgan fingerprint density at radius 2 is 1.68 bits per heavy atom. The van der Waals surface area contributed by atoms with E-state index in [1.807, 2.05) is 12.1 Å². The average Bonchev–Trinajstić information content (AvgIpc) is 2.55. The number of aromatic hydroxyl groups is 1. The van der Waals surface area contributed by atoms with Crippen LogP contribution in [0.15, 0.2) is 24.3 Å². The summed E-state index contributed by atoms with van der Waals surface area (Å²) in [6.45, 7) is 0.758. The Bertz CT molecular complexity index is 590. The molecular weight excluding hydrogens is 312 g/mol. The van der Waals surface area contributed by atoms with Crippen LogP contribution in [0.3, 0.4) is 0 Å². The lowest BCUT2D eigenvalue weighted by molar-refractivity contribution is -0.122. The SMILES string of the molecule is N[C@@H](Cc1ccc(O)cc1)C(=O)NCCC12CC3CC(CC(C3)C1)C2. The van der Waals surface area contributed by atoms with E-state index >= 15 is 0 Å². The first kappa shape index (κ1) is 16.9. The molecule has 0 spiro atoms. The summed E-state index contributed by atoms with van der Waals surface area (Å²) in [5.41, 5.74) is 7.54. The van der Waals surface area contributed by atoms with Crippen LogP contribution in [0.1, 0.15) is 50.5 Å². The molecule has 0 radical (unpaired) electrons. The first-order chi connectivity index (χ1) is 12.0. The topological polar surface area (TPSA) is 75.3 Å². The van der Waals surface area contributed by atoms with Crippen LogP contribution in [0.2, 0.25) is 0 Å². The van der Waals surface area contributed by atoms with Gasteiger partial charge in [0.05, 0.1) is 6.04 Å². The Balaban J connectivity index is 1.25. The third-order valence-electron chi connectivity index (χ3n) is 6.85. The largest absolute Gasteiger partial charge is 0.508 e. The van der Waals surface area contributed by atoms with Crippen molar-refractivity contribution in [3.05, 3.63) is 29.8 Å². The van der Waals surface area contributed by atoms with Crippen LogP contribution in [0.4, 0.5) is 0 Å². The number of carbonyl (C=O) groups excluding carboxylic acids is 1. The van der Waals surface area contributed by atoms with Crippen molar-refractivity contribution >= 4 is 5.91 Å². The summed E-state index contributed by atoms with van der Waals surface area (Å²) in [5, 5.41) is 12.4. The third-order valence-corrected chi connectivity index (χ3v) is 6.85. The van der Waals surface area contributed by atoms with Crippen molar-refractivity contribution in [3.63, 3.8) is 0 Å². The van der Waals surface area contributed by atoms with Gasteiger partial charge in [0.25, 0.3) is 0 Å². The third kappa shape index (κ3) is 3.69. The summed E-state index contributed by atoms with van der Waals surface area (Å²) in [4.78, 5) is 12.3.